The lowest BCUT2D eigenvalue weighted by molar-refractivity contribution is 0.0951. The molecule has 1 amide bonds. The van der Waals surface area contributed by atoms with Gasteiger partial charge in [0, 0.05) is 5.56 Å². The predicted octanol–water partition coefficient (Wildman–Crippen LogP) is 2.55. The van der Waals surface area contributed by atoms with Crippen LogP contribution in [0.25, 0.3) is 4.96 Å². The van der Waals surface area contributed by atoms with Crippen molar-refractivity contribution in [2.75, 3.05) is 0 Å². The second kappa shape index (κ2) is 5.84. The van der Waals surface area contributed by atoms with Gasteiger partial charge in [-0.15, -0.1) is 10.2 Å². The average molecular weight is 315 g/mol. The Hall–Kier alpha value is -2.28. The topological polar surface area (TPSA) is 72.2 Å². The lowest BCUT2D eigenvalue weighted by Gasteiger charge is -2.07. The van der Waals surface area contributed by atoms with Crippen LogP contribution in [0.4, 0.5) is 0 Å². The number of benzene rings is 1. The standard InChI is InChI=1S/C15H17N5OS/c1-9(2)11-4-6-12(7-5-11)14(21)16-8-13-19-20-10(3)17-18-15(20)22-13/h4-7,9H,8H2,1-3H3,(H,16,21). The van der Waals surface area contributed by atoms with Gasteiger partial charge in [0.05, 0.1) is 6.54 Å². The average Bonchev–Trinajstić information content (AvgIpc) is 3.07. The normalized spacial score (nSPS) is 11.3. The number of amides is 1. The SMILES string of the molecule is Cc1nnc2sc(CNC(=O)c3ccc(C(C)C)cc3)nn12. The first-order valence-corrected chi connectivity index (χ1v) is 7.92. The molecule has 0 spiro atoms. The number of nitrogens with one attached hydrogen (secondary N) is 1. The van der Waals surface area contributed by atoms with E-state index in [1.165, 1.54) is 16.9 Å². The quantitative estimate of drug-likeness (QED) is 0.803. The second-order valence-electron chi connectivity index (χ2n) is 5.40. The van der Waals surface area contributed by atoms with E-state index in [9.17, 15) is 4.79 Å². The number of fused-ring (bicyclic) bond motifs is 1. The highest BCUT2D eigenvalue weighted by atomic mass is 32.1. The minimum absolute atomic E-state index is 0.0991. The number of nitrogens with zero attached hydrogens (tertiary/aromatic N) is 4. The number of carbonyl (C=O) groups excluding carboxylic acids is 1. The van der Waals surface area contributed by atoms with Crippen LogP contribution in [-0.4, -0.2) is 25.7 Å². The van der Waals surface area contributed by atoms with E-state index in [0.29, 0.717) is 18.0 Å². The number of aromatic nitrogens is 4. The predicted molar refractivity (Wildman–Crippen MR) is 85.1 cm³/mol. The maximum Gasteiger partial charge on any atom is 0.251 e. The molecule has 0 bridgehead atoms. The first-order chi connectivity index (χ1) is 10.5. The number of hydrogen-bond donors (Lipinski definition) is 1. The van der Waals surface area contributed by atoms with Crippen molar-refractivity contribution in [3.63, 3.8) is 0 Å². The van der Waals surface area contributed by atoms with Gasteiger partial charge in [-0.05, 0) is 30.5 Å². The van der Waals surface area contributed by atoms with Crippen LogP contribution >= 0.6 is 11.3 Å². The molecule has 0 atom stereocenters. The van der Waals surface area contributed by atoms with Gasteiger partial charge in [-0.3, -0.25) is 4.79 Å². The molecule has 0 saturated heterocycles. The van der Waals surface area contributed by atoms with Gasteiger partial charge < -0.3 is 5.32 Å². The zero-order valence-electron chi connectivity index (χ0n) is 12.7. The molecule has 0 aliphatic carbocycles. The van der Waals surface area contributed by atoms with Crippen LogP contribution in [0.3, 0.4) is 0 Å². The van der Waals surface area contributed by atoms with E-state index >= 15 is 0 Å². The fraction of sp³-hybridized carbons (Fsp3) is 0.333. The van der Waals surface area contributed by atoms with Gasteiger partial charge in [0.2, 0.25) is 4.96 Å². The lowest BCUT2D eigenvalue weighted by Crippen LogP contribution is -2.22. The maximum atomic E-state index is 12.2. The molecule has 2 aromatic heterocycles. The van der Waals surface area contributed by atoms with Crippen LogP contribution in [0, 0.1) is 6.92 Å². The maximum absolute atomic E-state index is 12.2. The van der Waals surface area contributed by atoms with Crippen LogP contribution in [0.15, 0.2) is 24.3 Å². The Kier molecular flexibility index (Phi) is 3.89. The molecule has 3 rings (SSSR count). The minimum Gasteiger partial charge on any atom is -0.345 e. The van der Waals surface area contributed by atoms with Gasteiger partial charge in [0.1, 0.15) is 5.01 Å². The van der Waals surface area contributed by atoms with Crippen molar-refractivity contribution in [3.05, 3.63) is 46.2 Å². The van der Waals surface area contributed by atoms with Crippen LogP contribution in [-0.2, 0) is 6.54 Å². The largest absolute Gasteiger partial charge is 0.345 e. The van der Waals surface area contributed by atoms with E-state index in [1.54, 1.807) is 4.52 Å². The second-order valence-corrected chi connectivity index (χ2v) is 6.44. The summed E-state index contributed by atoms with van der Waals surface area (Å²) in [5, 5.41) is 16.0. The van der Waals surface area contributed by atoms with Crippen molar-refractivity contribution >= 4 is 22.2 Å². The molecule has 2 heterocycles. The van der Waals surface area contributed by atoms with Crippen molar-refractivity contribution in [3.8, 4) is 0 Å². The molecule has 0 aliphatic heterocycles. The van der Waals surface area contributed by atoms with Crippen molar-refractivity contribution in [1.29, 1.82) is 0 Å². The Bertz CT molecular complexity index is 803. The molecule has 0 fully saturated rings. The monoisotopic (exact) mass is 315 g/mol. The van der Waals surface area contributed by atoms with E-state index < -0.39 is 0 Å². The van der Waals surface area contributed by atoms with Crippen molar-refractivity contribution < 1.29 is 4.79 Å². The molecule has 0 unspecified atom stereocenters. The molecule has 6 nitrogen and oxygen atoms in total. The first kappa shape index (κ1) is 14.6. The van der Waals surface area contributed by atoms with E-state index in [4.69, 9.17) is 0 Å². The molecule has 1 aromatic carbocycles. The third kappa shape index (κ3) is 2.85. The summed E-state index contributed by atoms with van der Waals surface area (Å²) in [4.78, 5) is 12.9. The molecule has 22 heavy (non-hydrogen) atoms. The number of rotatable bonds is 4. The van der Waals surface area contributed by atoms with Gasteiger partial charge in [-0.1, -0.05) is 37.3 Å². The summed E-state index contributed by atoms with van der Waals surface area (Å²) in [6, 6.07) is 7.69. The fourth-order valence-corrected chi connectivity index (χ4v) is 2.92. The summed E-state index contributed by atoms with van der Waals surface area (Å²) in [6.07, 6.45) is 0. The Morgan fingerprint density at radius 3 is 2.64 bits per heavy atom. The third-order valence-electron chi connectivity index (χ3n) is 3.43. The van der Waals surface area contributed by atoms with Crippen molar-refractivity contribution in [2.24, 2.45) is 0 Å². The van der Waals surface area contributed by atoms with Gasteiger partial charge >= 0.3 is 0 Å². The number of carbonyl (C=O) groups is 1. The summed E-state index contributed by atoms with van der Waals surface area (Å²) in [6.45, 7) is 6.49. The molecule has 0 saturated carbocycles. The molecular weight excluding hydrogens is 298 g/mol. The van der Waals surface area contributed by atoms with Gasteiger partial charge in [-0.25, -0.2) is 0 Å². The fourth-order valence-electron chi connectivity index (χ4n) is 2.10. The van der Waals surface area contributed by atoms with E-state index in [-0.39, 0.29) is 5.91 Å². The molecular formula is C15H17N5OS. The van der Waals surface area contributed by atoms with Gasteiger partial charge in [-0.2, -0.15) is 9.61 Å². The first-order valence-electron chi connectivity index (χ1n) is 7.10. The van der Waals surface area contributed by atoms with E-state index in [1.807, 2.05) is 31.2 Å². The zero-order valence-corrected chi connectivity index (χ0v) is 13.5. The summed E-state index contributed by atoms with van der Waals surface area (Å²) in [5.74, 6) is 1.10. The Morgan fingerprint density at radius 2 is 2.00 bits per heavy atom. The molecule has 0 radical (unpaired) electrons. The van der Waals surface area contributed by atoms with Crippen LogP contribution in [0.1, 0.15) is 46.5 Å². The Morgan fingerprint density at radius 1 is 1.27 bits per heavy atom. The molecule has 3 aromatic rings. The molecule has 1 N–H and O–H groups in total. The van der Waals surface area contributed by atoms with Crippen LogP contribution < -0.4 is 5.32 Å². The van der Waals surface area contributed by atoms with Crippen LogP contribution in [0.2, 0.25) is 0 Å². The summed E-state index contributed by atoms with van der Waals surface area (Å²) < 4.78 is 1.68. The molecule has 114 valence electrons. The third-order valence-corrected chi connectivity index (χ3v) is 4.33. The summed E-state index contributed by atoms with van der Waals surface area (Å²) in [7, 11) is 0. The van der Waals surface area contributed by atoms with Gasteiger partial charge in [0.15, 0.2) is 5.82 Å². The smallest absolute Gasteiger partial charge is 0.251 e. The van der Waals surface area contributed by atoms with Crippen LogP contribution in [0.5, 0.6) is 0 Å². The molecule has 7 heteroatoms. The van der Waals surface area contributed by atoms with E-state index in [2.05, 4.69) is 34.5 Å². The van der Waals surface area contributed by atoms with Crippen molar-refractivity contribution in [1.82, 2.24) is 25.1 Å². The zero-order chi connectivity index (χ0) is 15.7. The highest BCUT2D eigenvalue weighted by Gasteiger charge is 2.11. The van der Waals surface area contributed by atoms with Gasteiger partial charge in [0.25, 0.3) is 5.91 Å². The highest BCUT2D eigenvalue weighted by molar-refractivity contribution is 7.16. The molecule has 0 aliphatic rings. The minimum atomic E-state index is -0.0991. The Balaban J connectivity index is 1.66. The number of aryl methyl sites for hydroxylation is 1. The summed E-state index contributed by atoms with van der Waals surface area (Å²) >= 11 is 1.43. The van der Waals surface area contributed by atoms with E-state index in [0.717, 1.165) is 15.8 Å². The van der Waals surface area contributed by atoms with Crippen molar-refractivity contribution in [2.45, 2.75) is 33.2 Å². The summed E-state index contributed by atoms with van der Waals surface area (Å²) in [5.41, 5.74) is 1.88. The number of hydrogen-bond acceptors (Lipinski definition) is 5. The Labute approximate surface area is 132 Å². The lowest BCUT2D eigenvalue weighted by atomic mass is 10.0. The highest BCUT2D eigenvalue weighted by Crippen LogP contribution is 2.15.